The number of amides is 1. The van der Waals surface area contributed by atoms with Crippen LogP contribution in [0.4, 0.5) is 5.69 Å². The lowest BCUT2D eigenvalue weighted by Crippen LogP contribution is -2.24. The van der Waals surface area contributed by atoms with Gasteiger partial charge in [0.25, 0.3) is 0 Å². The number of nitrogens with zero attached hydrogens (tertiary/aromatic N) is 2. The SMILES string of the molecule is CC(=O)N(C=C1N=C(c2ccccc2)OC1=O)c1ccc(C)cc1C. The van der Waals surface area contributed by atoms with E-state index in [0.717, 1.165) is 11.1 Å². The molecular weight excluding hydrogens is 316 g/mol. The molecule has 3 rings (SSSR count). The predicted molar refractivity (Wildman–Crippen MR) is 96.2 cm³/mol. The van der Waals surface area contributed by atoms with E-state index in [-0.39, 0.29) is 17.5 Å². The molecule has 25 heavy (non-hydrogen) atoms. The van der Waals surface area contributed by atoms with Crippen molar-refractivity contribution in [2.75, 3.05) is 4.90 Å². The molecule has 0 saturated heterocycles. The lowest BCUT2D eigenvalue weighted by Gasteiger charge is -2.19. The minimum absolute atomic E-state index is 0.0917. The maximum Gasteiger partial charge on any atom is 0.365 e. The number of ether oxygens (including phenoxy) is 1. The fourth-order valence-corrected chi connectivity index (χ4v) is 2.63. The van der Waals surface area contributed by atoms with Crippen molar-refractivity contribution in [2.24, 2.45) is 4.99 Å². The third-order valence-corrected chi connectivity index (χ3v) is 3.84. The van der Waals surface area contributed by atoms with Crippen LogP contribution in [0.5, 0.6) is 0 Å². The molecule has 1 aliphatic heterocycles. The van der Waals surface area contributed by atoms with Gasteiger partial charge in [-0.25, -0.2) is 9.79 Å². The number of carbonyl (C=O) groups is 2. The molecule has 126 valence electrons. The van der Waals surface area contributed by atoms with E-state index in [1.807, 2.05) is 62.4 Å². The number of rotatable bonds is 3. The van der Waals surface area contributed by atoms with Gasteiger partial charge in [0.2, 0.25) is 11.8 Å². The van der Waals surface area contributed by atoms with E-state index in [1.54, 1.807) is 0 Å². The second-order valence-electron chi connectivity index (χ2n) is 5.87. The summed E-state index contributed by atoms with van der Waals surface area (Å²) in [5.74, 6) is -0.550. The van der Waals surface area contributed by atoms with Crippen molar-refractivity contribution in [3.63, 3.8) is 0 Å². The van der Waals surface area contributed by atoms with Crippen LogP contribution < -0.4 is 4.90 Å². The van der Waals surface area contributed by atoms with Gasteiger partial charge < -0.3 is 4.74 Å². The van der Waals surface area contributed by atoms with Gasteiger partial charge in [-0.1, -0.05) is 35.9 Å². The topological polar surface area (TPSA) is 59.0 Å². The summed E-state index contributed by atoms with van der Waals surface area (Å²) in [6.07, 6.45) is 1.43. The summed E-state index contributed by atoms with van der Waals surface area (Å²) in [6, 6.07) is 14.9. The molecule has 0 aliphatic carbocycles. The standard InChI is InChI=1S/C20H18N2O3/c1-13-9-10-18(14(2)11-13)22(15(3)23)12-17-20(24)25-19(21-17)16-7-5-4-6-8-16/h4-12H,1-3H3. The molecule has 1 aliphatic rings. The van der Waals surface area contributed by atoms with Crippen LogP contribution >= 0.6 is 0 Å². The third kappa shape index (κ3) is 3.50. The molecule has 1 heterocycles. The number of hydrogen-bond acceptors (Lipinski definition) is 4. The summed E-state index contributed by atoms with van der Waals surface area (Å²) in [5, 5.41) is 0. The number of carbonyl (C=O) groups excluding carboxylic acids is 2. The minimum atomic E-state index is -0.574. The number of benzene rings is 2. The second kappa shape index (κ2) is 6.73. The molecule has 0 saturated carbocycles. The van der Waals surface area contributed by atoms with Gasteiger partial charge in [-0.2, -0.15) is 0 Å². The monoisotopic (exact) mass is 334 g/mol. The largest absolute Gasteiger partial charge is 0.402 e. The third-order valence-electron chi connectivity index (χ3n) is 3.84. The Balaban J connectivity index is 1.99. The molecule has 0 atom stereocenters. The molecule has 0 aromatic heterocycles. The summed E-state index contributed by atoms with van der Waals surface area (Å²) >= 11 is 0. The highest BCUT2D eigenvalue weighted by Crippen LogP contribution is 2.24. The lowest BCUT2D eigenvalue weighted by molar-refractivity contribution is -0.130. The van der Waals surface area contributed by atoms with Crippen LogP contribution in [0.1, 0.15) is 23.6 Å². The summed E-state index contributed by atoms with van der Waals surface area (Å²) in [7, 11) is 0. The van der Waals surface area contributed by atoms with Crippen molar-refractivity contribution in [3.8, 4) is 0 Å². The summed E-state index contributed by atoms with van der Waals surface area (Å²) in [6.45, 7) is 5.35. The Morgan fingerprint density at radius 3 is 2.48 bits per heavy atom. The number of hydrogen-bond donors (Lipinski definition) is 0. The first-order valence-electron chi connectivity index (χ1n) is 7.91. The first kappa shape index (κ1) is 16.6. The van der Waals surface area contributed by atoms with Crippen LogP contribution in [0.25, 0.3) is 0 Å². The zero-order valence-corrected chi connectivity index (χ0v) is 14.3. The van der Waals surface area contributed by atoms with Gasteiger partial charge in [0, 0.05) is 18.7 Å². The van der Waals surface area contributed by atoms with Gasteiger partial charge >= 0.3 is 5.97 Å². The van der Waals surface area contributed by atoms with Crippen molar-refractivity contribution in [1.29, 1.82) is 0 Å². The van der Waals surface area contributed by atoms with Gasteiger partial charge in [0.15, 0.2) is 5.70 Å². The van der Waals surface area contributed by atoms with E-state index in [9.17, 15) is 9.59 Å². The van der Waals surface area contributed by atoms with Gasteiger partial charge in [0.1, 0.15) is 0 Å². The fraction of sp³-hybridized carbons (Fsp3) is 0.150. The minimum Gasteiger partial charge on any atom is -0.402 e. The van der Waals surface area contributed by atoms with E-state index in [1.165, 1.54) is 18.0 Å². The Kier molecular flexibility index (Phi) is 4.48. The van der Waals surface area contributed by atoms with E-state index >= 15 is 0 Å². The number of anilines is 1. The van der Waals surface area contributed by atoms with Crippen LogP contribution in [0.3, 0.4) is 0 Å². The summed E-state index contributed by atoms with van der Waals surface area (Å²) < 4.78 is 5.23. The predicted octanol–water partition coefficient (Wildman–Crippen LogP) is 3.50. The molecule has 2 aromatic carbocycles. The molecule has 1 amide bonds. The number of cyclic esters (lactones) is 1. The molecule has 0 bridgehead atoms. The highest BCUT2D eigenvalue weighted by molar-refractivity contribution is 6.11. The molecule has 5 nitrogen and oxygen atoms in total. The normalized spacial score (nSPS) is 15.1. The highest BCUT2D eigenvalue weighted by Gasteiger charge is 2.26. The summed E-state index contributed by atoms with van der Waals surface area (Å²) in [5.41, 5.74) is 3.55. The average molecular weight is 334 g/mol. The van der Waals surface area contributed by atoms with Crippen LogP contribution in [0.15, 0.2) is 65.4 Å². The van der Waals surface area contributed by atoms with E-state index in [4.69, 9.17) is 4.74 Å². The lowest BCUT2D eigenvalue weighted by atomic mass is 10.1. The maximum atomic E-state index is 12.1. The first-order valence-corrected chi connectivity index (χ1v) is 7.91. The Morgan fingerprint density at radius 2 is 1.84 bits per heavy atom. The Morgan fingerprint density at radius 1 is 1.12 bits per heavy atom. The van der Waals surface area contributed by atoms with Gasteiger partial charge in [-0.15, -0.1) is 0 Å². The molecule has 0 unspecified atom stereocenters. The van der Waals surface area contributed by atoms with Crippen LogP contribution in [-0.2, 0) is 14.3 Å². The van der Waals surface area contributed by atoms with E-state index in [2.05, 4.69) is 4.99 Å². The van der Waals surface area contributed by atoms with E-state index < -0.39 is 5.97 Å². The zero-order valence-electron chi connectivity index (χ0n) is 14.3. The van der Waals surface area contributed by atoms with Crippen LogP contribution in [0, 0.1) is 13.8 Å². The number of aryl methyl sites for hydroxylation is 2. The quantitative estimate of drug-likeness (QED) is 0.637. The zero-order chi connectivity index (χ0) is 18.0. The molecule has 0 spiro atoms. The number of esters is 1. The molecule has 0 radical (unpaired) electrons. The van der Waals surface area contributed by atoms with Gasteiger partial charge in [0.05, 0.1) is 5.69 Å². The van der Waals surface area contributed by atoms with Crippen LogP contribution in [0.2, 0.25) is 0 Å². The average Bonchev–Trinajstić information content (AvgIpc) is 2.95. The van der Waals surface area contributed by atoms with Gasteiger partial charge in [-0.3, -0.25) is 9.69 Å². The fourth-order valence-electron chi connectivity index (χ4n) is 2.63. The van der Waals surface area contributed by atoms with Crippen molar-refractivity contribution in [2.45, 2.75) is 20.8 Å². The molecule has 5 heteroatoms. The first-order chi connectivity index (χ1) is 12.0. The highest BCUT2D eigenvalue weighted by atomic mass is 16.6. The smallest absolute Gasteiger partial charge is 0.365 e. The van der Waals surface area contributed by atoms with Crippen molar-refractivity contribution in [1.82, 2.24) is 0 Å². The molecular formula is C20H18N2O3. The molecule has 0 N–H and O–H groups in total. The summed E-state index contributed by atoms with van der Waals surface area (Å²) in [4.78, 5) is 29.9. The molecule has 0 fully saturated rings. The van der Waals surface area contributed by atoms with Crippen molar-refractivity contribution >= 4 is 23.5 Å². The van der Waals surface area contributed by atoms with Crippen molar-refractivity contribution < 1.29 is 14.3 Å². The number of aliphatic imine (C=N–C) groups is 1. The van der Waals surface area contributed by atoms with E-state index in [0.29, 0.717) is 11.3 Å². The second-order valence-corrected chi connectivity index (χ2v) is 5.87. The Labute approximate surface area is 146 Å². The maximum absolute atomic E-state index is 12.1. The van der Waals surface area contributed by atoms with Crippen molar-refractivity contribution in [3.05, 3.63) is 77.1 Å². The Bertz CT molecular complexity index is 898. The van der Waals surface area contributed by atoms with Gasteiger partial charge in [-0.05, 0) is 37.6 Å². The van der Waals surface area contributed by atoms with Crippen LogP contribution in [-0.4, -0.2) is 17.8 Å². The molecule has 2 aromatic rings. The Hall–Kier alpha value is -3.21.